The van der Waals surface area contributed by atoms with Crippen LogP contribution in [-0.2, 0) is 9.53 Å². The Labute approximate surface area is 97.0 Å². The highest BCUT2D eigenvalue weighted by Crippen LogP contribution is 2.37. The van der Waals surface area contributed by atoms with Crippen molar-refractivity contribution in [3.05, 3.63) is 0 Å². The number of hydrogen-bond donors (Lipinski definition) is 1. The first-order valence-electron chi connectivity index (χ1n) is 5.83. The van der Waals surface area contributed by atoms with E-state index in [2.05, 4.69) is 11.4 Å². The van der Waals surface area contributed by atoms with E-state index in [1.165, 1.54) is 0 Å². The highest BCUT2D eigenvalue weighted by Gasteiger charge is 2.41. The van der Waals surface area contributed by atoms with E-state index in [0.29, 0.717) is 26.0 Å². The summed E-state index contributed by atoms with van der Waals surface area (Å²) in [5, 5.41) is 12.0. The molecule has 0 bridgehead atoms. The number of carbonyl (C=O) groups excluding carboxylic acids is 1. The second-order valence-corrected chi connectivity index (χ2v) is 4.67. The topological polar surface area (TPSA) is 62.1 Å². The van der Waals surface area contributed by atoms with E-state index in [1.54, 1.807) is 7.11 Å². The maximum atomic E-state index is 11.9. The molecule has 1 fully saturated rings. The van der Waals surface area contributed by atoms with Crippen molar-refractivity contribution in [2.75, 3.05) is 20.3 Å². The second-order valence-electron chi connectivity index (χ2n) is 4.67. The van der Waals surface area contributed by atoms with Crippen LogP contribution in [0, 0.1) is 22.7 Å². The standard InChI is InChI=1S/C12H20N2O2/c1-10(8-16-2)7-14-11(15)12(9-13)5-3-4-6-12/h10H,3-8H2,1-2H3,(H,14,15). The summed E-state index contributed by atoms with van der Waals surface area (Å²) in [5.74, 6) is 0.182. The number of ether oxygens (including phenoxy) is 1. The molecule has 1 aliphatic rings. The van der Waals surface area contributed by atoms with Crippen LogP contribution in [0.15, 0.2) is 0 Å². The molecule has 1 unspecified atom stereocenters. The lowest BCUT2D eigenvalue weighted by Gasteiger charge is -2.20. The fraction of sp³-hybridized carbons (Fsp3) is 0.833. The molecule has 0 aromatic heterocycles. The number of rotatable bonds is 5. The van der Waals surface area contributed by atoms with E-state index in [4.69, 9.17) is 10.00 Å². The van der Waals surface area contributed by atoms with E-state index in [9.17, 15) is 4.79 Å². The van der Waals surface area contributed by atoms with Crippen LogP contribution in [0.1, 0.15) is 32.6 Å². The Balaban J connectivity index is 2.42. The molecule has 1 amide bonds. The lowest BCUT2D eigenvalue weighted by molar-refractivity contribution is -0.128. The first-order chi connectivity index (χ1) is 7.64. The molecule has 0 heterocycles. The van der Waals surface area contributed by atoms with Crippen LogP contribution in [0.2, 0.25) is 0 Å². The fourth-order valence-corrected chi connectivity index (χ4v) is 2.15. The van der Waals surface area contributed by atoms with E-state index in [1.807, 2.05) is 6.92 Å². The van der Waals surface area contributed by atoms with Gasteiger partial charge in [0.05, 0.1) is 12.7 Å². The Kier molecular flexibility index (Phi) is 4.75. The van der Waals surface area contributed by atoms with Gasteiger partial charge in [0.25, 0.3) is 0 Å². The normalized spacial score (nSPS) is 20.1. The highest BCUT2D eigenvalue weighted by molar-refractivity contribution is 5.85. The number of methoxy groups -OCH3 is 1. The van der Waals surface area contributed by atoms with Crippen molar-refractivity contribution in [3.63, 3.8) is 0 Å². The van der Waals surface area contributed by atoms with Gasteiger partial charge in [0, 0.05) is 13.7 Å². The molecule has 90 valence electrons. The van der Waals surface area contributed by atoms with Crippen molar-refractivity contribution in [2.45, 2.75) is 32.6 Å². The molecule has 1 saturated carbocycles. The predicted molar refractivity (Wildman–Crippen MR) is 60.6 cm³/mol. The third-order valence-corrected chi connectivity index (χ3v) is 3.17. The Morgan fingerprint density at radius 1 is 1.56 bits per heavy atom. The number of nitriles is 1. The van der Waals surface area contributed by atoms with E-state index in [0.717, 1.165) is 12.8 Å². The van der Waals surface area contributed by atoms with Gasteiger partial charge < -0.3 is 10.1 Å². The van der Waals surface area contributed by atoms with E-state index < -0.39 is 5.41 Å². The third-order valence-electron chi connectivity index (χ3n) is 3.17. The summed E-state index contributed by atoms with van der Waals surface area (Å²) in [6, 6.07) is 2.19. The summed E-state index contributed by atoms with van der Waals surface area (Å²) >= 11 is 0. The largest absolute Gasteiger partial charge is 0.384 e. The molecule has 4 heteroatoms. The third kappa shape index (κ3) is 2.96. The smallest absolute Gasteiger partial charge is 0.240 e. The summed E-state index contributed by atoms with van der Waals surface area (Å²) in [4.78, 5) is 11.9. The van der Waals surface area contributed by atoms with E-state index in [-0.39, 0.29) is 11.8 Å². The Morgan fingerprint density at radius 2 is 2.19 bits per heavy atom. The van der Waals surface area contributed by atoms with Crippen molar-refractivity contribution >= 4 is 5.91 Å². The highest BCUT2D eigenvalue weighted by atomic mass is 16.5. The van der Waals surface area contributed by atoms with Crippen LogP contribution in [-0.4, -0.2) is 26.2 Å². The first kappa shape index (κ1) is 13.0. The molecular weight excluding hydrogens is 204 g/mol. The molecule has 1 N–H and O–H groups in total. The van der Waals surface area contributed by atoms with Gasteiger partial charge in [-0.2, -0.15) is 5.26 Å². The van der Waals surface area contributed by atoms with Crippen LogP contribution >= 0.6 is 0 Å². The van der Waals surface area contributed by atoms with Crippen molar-refractivity contribution in [1.82, 2.24) is 5.32 Å². The first-order valence-corrected chi connectivity index (χ1v) is 5.83. The maximum absolute atomic E-state index is 11.9. The molecule has 0 aromatic rings. The molecule has 4 nitrogen and oxygen atoms in total. The molecular formula is C12H20N2O2. The average molecular weight is 224 g/mol. The summed E-state index contributed by atoms with van der Waals surface area (Å²) in [5.41, 5.74) is -0.757. The monoisotopic (exact) mass is 224 g/mol. The minimum absolute atomic E-state index is 0.101. The quantitative estimate of drug-likeness (QED) is 0.769. The van der Waals surface area contributed by atoms with E-state index >= 15 is 0 Å². The number of amides is 1. The average Bonchev–Trinajstić information content (AvgIpc) is 2.76. The van der Waals surface area contributed by atoms with Gasteiger partial charge in [0.2, 0.25) is 5.91 Å². The van der Waals surface area contributed by atoms with Crippen LogP contribution < -0.4 is 5.32 Å². The van der Waals surface area contributed by atoms with Crippen LogP contribution in [0.25, 0.3) is 0 Å². The molecule has 0 aliphatic heterocycles. The van der Waals surface area contributed by atoms with Gasteiger partial charge in [-0.05, 0) is 18.8 Å². The molecule has 1 atom stereocenters. The Morgan fingerprint density at radius 3 is 2.69 bits per heavy atom. The fourth-order valence-electron chi connectivity index (χ4n) is 2.15. The number of nitrogens with zero attached hydrogens (tertiary/aromatic N) is 1. The van der Waals surface area contributed by atoms with Crippen molar-refractivity contribution in [1.29, 1.82) is 5.26 Å². The van der Waals surface area contributed by atoms with Gasteiger partial charge in [-0.1, -0.05) is 19.8 Å². The zero-order chi connectivity index (χ0) is 12.0. The van der Waals surface area contributed by atoms with Gasteiger partial charge in [0.1, 0.15) is 5.41 Å². The molecule has 0 radical (unpaired) electrons. The zero-order valence-corrected chi connectivity index (χ0v) is 10.1. The van der Waals surface area contributed by atoms with Crippen LogP contribution in [0.4, 0.5) is 0 Å². The molecule has 0 aromatic carbocycles. The second kappa shape index (κ2) is 5.86. The molecule has 16 heavy (non-hydrogen) atoms. The summed E-state index contributed by atoms with van der Waals surface area (Å²) in [7, 11) is 1.64. The summed E-state index contributed by atoms with van der Waals surface area (Å²) in [6.45, 7) is 3.22. The molecule has 0 saturated heterocycles. The van der Waals surface area contributed by atoms with Crippen LogP contribution in [0.5, 0.6) is 0 Å². The Bertz CT molecular complexity index is 277. The lowest BCUT2D eigenvalue weighted by atomic mass is 9.87. The van der Waals surface area contributed by atoms with Gasteiger partial charge >= 0.3 is 0 Å². The van der Waals surface area contributed by atoms with Crippen molar-refractivity contribution in [2.24, 2.45) is 11.3 Å². The van der Waals surface area contributed by atoms with Gasteiger partial charge in [-0.15, -0.1) is 0 Å². The summed E-state index contributed by atoms with van der Waals surface area (Å²) < 4.78 is 5.00. The Hall–Kier alpha value is -1.08. The van der Waals surface area contributed by atoms with Gasteiger partial charge in [0.15, 0.2) is 0 Å². The zero-order valence-electron chi connectivity index (χ0n) is 10.1. The number of hydrogen-bond acceptors (Lipinski definition) is 3. The maximum Gasteiger partial charge on any atom is 0.240 e. The summed E-state index contributed by atoms with van der Waals surface area (Å²) in [6.07, 6.45) is 3.37. The lowest BCUT2D eigenvalue weighted by Crippen LogP contribution is -2.40. The number of nitrogens with one attached hydrogen (secondary N) is 1. The minimum atomic E-state index is -0.757. The van der Waals surface area contributed by atoms with Crippen LogP contribution in [0.3, 0.4) is 0 Å². The van der Waals surface area contributed by atoms with Crippen molar-refractivity contribution < 1.29 is 9.53 Å². The van der Waals surface area contributed by atoms with Crippen molar-refractivity contribution in [3.8, 4) is 6.07 Å². The van der Waals surface area contributed by atoms with Gasteiger partial charge in [-0.25, -0.2) is 0 Å². The SMILES string of the molecule is COCC(C)CNC(=O)C1(C#N)CCCC1. The molecule has 0 spiro atoms. The number of carbonyl (C=O) groups is 1. The van der Waals surface area contributed by atoms with Gasteiger partial charge in [-0.3, -0.25) is 4.79 Å². The molecule has 1 aliphatic carbocycles. The minimum Gasteiger partial charge on any atom is -0.384 e. The molecule has 1 rings (SSSR count). The predicted octanol–water partition coefficient (Wildman–Crippen LogP) is 1.47.